The Morgan fingerprint density at radius 2 is 1.60 bits per heavy atom. The highest BCUT2D eigenvalue weighted by atomic mass is 35.5. The molecule has 3 aromatic rings. The maximum Gasteiger partial charge on any atom is 0.256 e. The number of anilines is 1. The second-order valence-electron chi connectivity index (χ2n) is 7.96. The third kappa shape index (κ3) is 6.02. The highest BCUT2D eigenvalue weighted by Gasteiger charge is 2.22. The van der Waals surface area contributed by atoms with Crippen molar-refractivity contribution in [1.29, 1.82) is 5.41 Å². The van der Waals surface area contributed by atoms with Crippen molar-refractivity contribution in [3.05, 3.63) is 93.0 Å². The molecule has 2 N–H and O–H groups in total. The maximum atomic E-state index is 13.1. The first kappa shape index (κ1) is 26.3. The van der Waals surface area contributed by atoms with Crippen molar-refractivity contribution in [2.75, 3.05) is 25.5 Å². The Kier molecular flexibility index (Phi) is 8.54. The lowest BCUT2D eigenvalue weighted by molar-refractivity contribution is 0.0991. The molecule has 0 radical (unpaired) electrons. The molecule has 1 heterocycles. The minimum atomic E-state index is -0.413. The van der Waals surface area contributed by atoms with Crippen LogP contribution in [0.2, 0.25) is 10.0 Å². The first-order valence-electron chi connectivity index (χ1n) is 10.8. The van der Waals surface area contributed by atoms with Crippen LogP contribution in [0.5, 0.6) is 5.75 Å². The third-order valence-corrected chi connectivity index (χ3v) is 6.20. The highest BCUT2D eigenvalue weighted by Crippen LogP contribution is 2.30. The van der Waals surface area contributed by atoms with Crippen molar-refractivity contribution >= 4 is 46.4 Å². The number of halogens is 2. The predicted molar refractivity (Wildman–Crippen MR) is 142 cm³/mol. The number of carbonyl (C=O) groups excluding carboxylic acids is 2. The Balaban J connectivity index is 0.00000342. The molecule has 0 saturated carbocycles. The van der Waals surface area contributed by atoms with Crippen LogP contribution in [-0.4, -0.2) is 42.6 Å². The van der Waals surface area contributed by atoms with Crippen LogP contribution in [-0.2, 0) is 6.42 Å². The number of methoxy groups -OCH3 is 1. The van der Waals surface area contributed by atoms with Crippen molar-refractivity contribution in [2.24, 2.45) is 0 Å². The Labute approximate surface area is 215 Å². The van der Waals surface area contributed by atoms with Crippen LogP contribution in [0.15, 0.2) is 60.7 Å². The molecule has 0 bridgehead atoms. The van der Waals surface area contributed by atoms with Gasteiger partial charge < -0.3 is 15.0 Å². The number of Topliss-reactive ketones (excluding diaryl/α,β-unsaturated/α-hetero) is 1. The molecule has 35 heavy (non-hydrogen) atoms. The molecule has 1 aliphatic rings. The lowest BCUT2D eigenvalue weighted by Gasteiger charge is -2.33. The van der Waals surface area contributed by atoms with Gasteiger partial charge >= 0.3 is 0 Å². The number of nitrogens with one attached hydrogen (secondary N) is 2. The summed E-state index contributed by atoms with van der Waals surface area (Å²) in [7, 11) is 1.47. The molecule has 1 aliphatic heterocycles. The van der Waals surface area contributed by atoms with E-state index in [-0.39, 0.29) is 25.2 Å². The Morgan fingerprint density at radius 1 is 0.971 bits per heavy atom. The molecular weight excluding hydrogens is 485 g/mol. The molecule has 4 rings (SSSR count). The number of hydrogen-bond acceptors (Lipinski definition) is 4. The molecule has 3 aromatic carbocycles. The quantitative estimate of drug-likeness (QED) is 0.220. The van der Waals surface area contributed by atoms with Crippen molar-refractivity contribution in [1.82, 2.24) is 4.90 Å². The fourth-order valence-electron chi connectivity index (χ4n) is 3.71. The topological polar surface area (TPSA) is 82.5 Å². The molecule has 0 unspecified atom stereocenters. The van der Waals surface area contributed by atoms with Crippen LogP contribution >= 0.6 is 23.2 Å². The van der Waals surface area contributed by atoms with Gasteiger partial charge in [-0.2, -0.15) is 0 Å². The van der Waals surface area contributed by atoms with Gasteiger partial charge in [0, 0.05) is 57.5 Å². The Morgan fingerprint density at radius 3 is 2.17 bits per heavy atom. The Bertz CT molecular complexity index is 1240. The van der Waals surface area contributed by atoms with Gasteiger partial charge in [0.1, 0.15) is 11.6 Å². The van der Waals surface area contributed by atoms with Gasteiger partial charge in [-0.1, -0.05) is 54.9 Å². The summed E-state index contributed by atoms with van der Waals surface area (Å²) in [6, 6.07) is 16.8. The van der Waals surface area contributed by atoms with E-state index in [0.717, 1.165) is 25.1 Å². The zero-order valence-electron chi connectivity index (χ0n) is 18.5. The standard InChI is InChI=1S/C26H23Cl2N3O3.CH4/c1-34-24-14-19(28)13-22(26(33)30-20-9-7-18(27)8-10-20)21(24)15-23(32)16-3-5-17(6-4-16)25(29)31-11-2-12-31;/h3-10,13-14,29H,2,11-12,15H2,1H3,(H,30,33);1H4. The van der Waals surface area contributed by atoms with E-state index in [1.54, 1.807) is 54.6 Å². The van der Waals surface area contributed by atoms with Crippen LogP contribution < -0.4 is 10.1 Å². The van der Waals surface area contributed by atoms with Crippen LogP contribution in [0.4, 0.5) is 5.69 Å². The molecule has 182 valence electrons. The summed E-state index contributed by atoms with van der Waals surface area (Å²) in [4.78, 5) is 28.2. The van der Waals surface area contributed by atoms with Crippen LogP contribution in [0.25, 0.3) is 0 Å². The number of ether oxygens (including phenoxy) is 1. The Hall–Kier alpha value is -3.35. The van der Waals surface area contributed by atoms with Gasteiger partial charge in [-0.25, -0.2) is 0 Å². The van der Waals surface area contributed by atoms with Gasteiger partial charge in [-0.3, -0.25) is 15.0 Å². The van der Waals surface area contributed by atoms with E-state index >= 15 is 0 Å². The second kappa shape index (κ2) is 11.4. The van der Waals surface area contributed by atoms with Crippen LogP contribution in [0, 0.1) is 5.41 Å². The normalized spacial score (nSPS) is 12.3. The summed E-state index contributed by atoms with van der Waals surface area (Å²) in [5, 5.41) is 11.9. The number of benzene rings is 3. The summed E-state index contributed by atoms with van der Waals surface area (Å²) >= 11 is 12.1. The molecule has 0 aromatic heterocycles. The van der Waals surface area contributed by atoms with Crippen molar-refractivity contribution in [3.8, 4) is 5.75 Å². The lowest BCUT2D eigenvalue weighted by atomic mass is 9.96. The number of amidine groups is 1. The van der Waals surface area contributed by atoms with Crippen molar-refractivity contribution < 1.29 is 14.3 Å². The highest BCUT2D eigenvalue weighted by molar-refractivity contribution is 6.31. The number of rotatable bonds is 7. The zero-order chi connectivity index (χ0) is 24.2. The molecule has 1 saturated heterocycles. The van der Waals surface area contributed by atoms with E-state index < -0.39 is 5.91 Å². The fourth-order valence-corrected chi connectivity index (χ4v) is 4.04. The first-order valence-corrected chi connectivity index (χ1v) is 11.5. The van der Waals surface area contributed by atoms with Crippen molar-refractivity contribution in [3.63, 3.8) is 0 Å². The van der Waals surface area contributed by atoms with Gasteiger partial charge in [0.05, 0.1) is 7.11 Å². The molecule has 1 fully saturated rings. The molecule has 0 spiro atoms. The average molecular weight is 512 g/mol. The summed E-state index contributed by atoms with van der Waals surface area (Å²) < 4.78 is 5.45. The molecule has 8 heteroatoms. The molecule has 0 aliphatic carbocycles. The van der Waals surface area contributed by atoms with Gasteiger partial charge in [0.2, 0.25) is 0 Å². The zero-order valence-corrected chi connectivity index (χ0v) is 20.0. The monoisotopic (exact) mass is 511 g/mol. The van der Waals surface area contributed by atoms with Gasteiger partial charge in [0.15, 0.2) is 5.78 Å². The first-order chi connectivity index (χ1) is 16.4. The fraction of sp³-hybridized carbons (Fsp3) is 0.222. The SMILES string of the molecule is C.COc1cc(Cl)cc(C(=O)Nc2ccc(Cl)cc2)c1CC(=O)c1ccc(C(=N)N2CCC2)cc1. The number of amides is 1. The number of nitrogens with zero attached hydrogens (tertiary/aromatic N) is 1. The van der Waals surface area contributed by atoms with E-state index in [2.05, 4.69) is 5.32 Å². The van der Waals surface area contributed by atoms with Gasteiger partial charge in [-0.15, -0.1) is 0 Å². The lowest BCUT2D eigenvalue weighted by Crippen LogP contribution is -2.42. The van der Waals surface area contributed by atoms with Gasteiger partial charge in [-0.05, 0) is 42.8 Å². The maximum absolute atomic E-state index is 13.1. The summed E-state index contributed by atoms with van der Waals surface area (Å²) in [5.41, 5.74) is 2.51. The van der Waals surface area contributed by atoms with Crippen LogP contribution in [0.3, 0.4) is 0 Å². The number of carbonyl (C=O) groups is 2. The molecular formula is C27H27Cl2N3O3. The molecule has 1 amide bonds. The molecule has 0 atom stereocenters. The van der Waals surface area contributed by atoms with Crippen molar-refractivity contribution in [2.45, 2.75) is 20.3 Å². The largest absolute Gasteiger partial charge is 0.496 e. The number of hydrogen-bond donors (Lipinski definition) is 2. The van der Waals surface area contributed by atoms with E-state index in [0.29, 0.717) is 38.4 Å². The van der Waals surface area contributed by atoms with E-state index in [1.165, 1.54) is 13.2 Å². The molecule has 6 nitrogen and oxygen atoms in total. The summed E-state index contributed by atoms with van der Waals surface area (Å²) in [6.45, 7) is 1.77. The minimum Gasteiger partial charge on any atom is -0.496 e. The van der Waals surface area contributed by atoms with E-state index in [9.17, 15) is 9.59 Å². The second-order valence-corrected chi connectivity index (χ2v) is 8.83. The predicted octanol–water partition coefficient (Wildman–Crippen LogP) is 6.35. The number of ketones is 1. The van der Waals surface area contributed by atoms with Gasteiger partial charge in [0.25, 0.3) is 5.91 Å². The smallest absolute Gasteiger partial charge is 0.256 e. The summed E-state index contributed by atoms with van der Waals surface area (Å²) in [5.74, 6) is 0.233. The van der Waals surface area contributed by atoms with E-state index in [1.807, 2.05) is 4.90 Å². The third-order valence-electron chi connectivity index (χ3n) is 5.73. The number of likely N-dealkylation sites (tertiary alicyclic amines) is 1. The average Bonchev–Trinajstić information content (AvgIpc) is 2.80. The minimum absolute atomic E-state index is 0. The van der Waals surface area contributed by atoms with E-state index in [4.69, 9.17) is 33.3 Å². The summed E-state index contributed by atoms with van der Waals surface area (Å²) in [6.07, 6.45) is 1.04. The van der Waals surface area contributed by atoms with Crippen LogP contribution in [0.1, 0.15) is 45.7 Å².